The lowest BCUT2D eigenvalue weighted by molar-refractivity contribution is -0.132. The molecule has 1 fully saturated rings. The number of para-hydroxylation sites is 1. The van der Waals surface area contributed by atoms with Crippen LogP contribution in [0.5, 0.6) is 5.75 Å². The first kappa shape index (κ1) is 29.6. The number of aryl methyl sites for hydroxylation is 2. The normalized spacial score (nSPS) is 18.1. The van der Waals surface area contributed by atoms with Crippen LogP contribution in [0.3, 0.4) is 0 Å². The van der Waals surface area contributed by atoms with E-state index in [0.29, 0.717) is 26.2 Å². The molecule has 1 N–H and O–H groups in total. The molecule has 2 atom stereocenters. The van der Waals surface area contributed by atoms with Crippen LogP contribution in [0.4, 0.5) is 0 Å². The van der Waals surface area contributed by atoms with Crippen LogP contribution in [-0.4, -0.2) is 67.0 Å². The molecule has 1 saturated heterocycles. The molecule has 3 aromatic rings. The second-order valence-electron chi connectivity index (χ2n) is 11.5. The number of benzene rings is 3. The van der Waals surface area contributed by atoms with E-state index in [0.717, 1.165) is 54.6 Å². The van der Waals surface area contributed by atoms with Crippen molar-refractivity contribution in [2.24, 2.45) is 0 Å². The number of likely N-dealkylation sites (N-methyl/N-ethyl adjacent to an activating group) is 1. The third-order valence-corrected chi connectivity index (χ3v) is 8.53. The predicted molar refractivity (Wildman–Crippen MR) is 168 cm³/mol. The fraction of sp³-hybridized carbons (Fsp3) is 0.389. The SMILES string of the molecule is CCc1ccccc1OCCCc1ccc(C2=C(C(=O)N(C)CCc3ccccc3)[C@H]3CN(C(C)=O)CC(C2)N3)cc1. The number of nitrogens with zero attached hydrogens (tertiary/aromatic N) is 2. The molecule has 2 heterocycles. The summed E-state index contributed by atoms with van der Waals surface area (Å²) in [7, 11) is 1.89. The van der Waals surface area contributed by atoms with Crippen molar-refractivity contribution in [2.45, 2.75) is 58.0 Å². The molecular weight excluding hydrogens is 522 g/mol. The topological polar surface area (TPSA) is 61.9 Å². The molecule has 6 nitrogen and oxygen atoms in total. The lowest BCUT2D eigenvalue weighted by atomic mass is 9.82. The number of carbonyl (C=O) groups is 2. The first-order valence-electron chi connectivity index (χ1n) is 15.3. The maximum absolute atomic E-state index is 14.0. The van der Waals surface area contributed by atoms with E-state index in [1.165, 1.54) is 16.7 Å². The summed E-state index contributed by atoms with van der Waals surface area (Å²) in [5.41, 5.74) is 6.71. The summed E-state index contributed by atoms with van der Waals surface area (Å²) >= 11 is 0. The summed E-state index contributed by atoms with van der Waals surface area (Å²) in [6.45, 7) is 6.26. The number of piperazine rings is 1. The highest BCUT2D eigenvalue weighted by Crippen LogP contribution is 2.34. The van der Waals surface area contributed by atoms with Crippen LogP contribution in [-0.2, 0) is 28.9 Å². The molecule has 6 heteroatoms. The molecular formula is C36H43N3O3. The van der Waals surface area contributed by atoms with Crippen molar-refractivity contribution >= 4 is 17.4 Å². The van der Waals surface area contributed by atoms with Crippen LogP contribution in [0.2, 0.25) is 0 Å². The monoisotopic (exact) mass is 565 g/mol. The minimum Gasteiger partial charge on any atom is -0.493 e. The first-order chi connectivity index (χ1) is 20.4. The zero-order chi connectivity index (χ0) is 29.5. The van der Waals surface area contributed by atoms with Crippen LogP contribution >= 0.6 is 0 Å². The van der Waals surface area contributed by atoms with E-state index in [-0.39, 0.29) is 23.9 Å². The zero-order valence-corrected chi connectivity index (χ0v) is 25.1. The van der Waals surface area contributed by atoms with E-state index in [4.69, 9.17) is 4.74 Å². The average Bonchev–Trinajstić information content (AvgIpc) is 3.02. The van der Waals surface area contributed by atoms with Gasteiger partial charge in [-0.3, -0.25) is 9.59 Å². The number of fused-ring (bicyclic) bond motifs is 2. The van der Waals surface area contributed by atoms with E-state index in [1.807, 2.05) is 47.2 Å². The first-order valence-corrected chi connectivity index (χ1v) is 15.3. The Labute approximate surface area is 250 Å². The summed E-state index contributed by atoms with van der Waals surface area (Å²) < 4.78 is 6.06. The van der Waals surface area contributed by atoms with Crippen molar-refractivity contribution in [3.05, 3.63) is 107 Å². The molecule has 2 bridgehead atoms. The Morgan fingerprint density at radius 1 is 0.929 bits per heavy atom. The van der Waals surface area contributed by atoms with Gasteiger partial charge in [-0.1, -0.05) is 79.7 Å². The van der Waals surface area contributed by atoms with Crippen LogP contribution in [0.15, 0.2) is 84.4 Å². The van der Waals surface area contributed by atoms with Crippen molar-refractivity contribution in [3.8, 4) is 5.75 Å². The van der Waals surface area contributed by atoms with Crippen LogP contribution < -0.4 is 10.1 Å². The third kappa shape index (κ3) is 7.11. The molecule has 220 valence electrons. The molecule has 0 saturated carbocycles. The summed E-state index contributed by atoms with van der Waals surface area (Å²) in [5, 5.41) is 3.65. The molecule has 0 aliphatic carbocycles. The molecule has 2 aliphatic rings. The maximum atomic E-state index is 14.0. The number of hydrogen-bond donors (Lipinski definition) is 1. The van der Waals surface area contributed by atoms with E-state index in [1.54, 1.807) is 6.92 Å². The summed E-state index contributed by atoms with van der Waals surface area (Å²) in [4.78, 5) is 30.0. The van der Waals surface area contributed by atoms with Crippen molar-refractivity contribution < 1.29 is 14.3 Å². The standard InChI is InChI=1S/C36H43N3O3/c1-4-29-14-8-9-15-34(29)42-22-10-13-28-16-18-30(19-17-28)32-23-31-24-39(26(2)40)25-33(37-31)35(32)36(41)38(3)21-20-27-11-6-5-7-12-27/h5-9,11-12,14-19,31,33,37H,4,10,13,20-25H2,1-3H3/t31?,33-/m1/s1. The van der Waals surface area contributed by atoms with E-state index in [9.17, 15) is 9.59 Å². The Balaban J connectivity index is 1.30. The van der Waals surface area contributed by atoms with E-state index >= 15 is 0 Å². The van der Waals surface area contributed by atoms with Gasteiger partial charge in [-0.15, -0.1) is 0 Å². The summed E-state index contributed by atoms with van der Waals surface area (Å²) in [5.74, 6) is 1.08. The number of hydrogen-bond acceptors (Lipinski definition) is 4. The summed E-state index contributed by atoms with van der Waals surface area (Å²) in [6.07, 6.45) is 4.35. The molecule has 42 heavy (non-hydrogen) atoms. The Kier molecular flexibility index (Phi) is 9.75. The highest BCUT2D eigenvalue weighted by molar-refractivity contribution is 6.03. The number of amides is 2. The average molecular weight is 566 g/mol. The number of ether oxygens (including phenoxy) is 1. The van der Waals surface area contributed by atoms with Crippen LogP contribution in [0, 0.1) is 0 Å². The number of carbonyl (C=O) groups excluding carboxylic acids is 2. The highest BCUT2D eigenvalue weighted by Gasteiger charge is 2.39. The fourth-order valence-electron chi connectivity index (χ4n) is 6.14. The lowest BCUT2D eigenvalue weighted by Crippen LogP contribution is -2.61. The molecule has 0 aromatic heterocycles. The Morgan fingerprint density at radius 3 is 2.38 bits per heavy atom. The Bertz CT molecular complexity index is 1400. The Hall–Kier alpha value is -3.90. The third-order valence-electron chi connectivity index (χ3n) is 8.53. The molecule has 3 aromatic carbocycles. The molecule has 2 amide bonds. The van der Waals surface area contributed by atoms with Gasteiger partial charge in [-0.05, 0) is 66.0 Å². The van der Waals surface area contributed by atoms with Crippen LogP contribution in [0.25, 0.3) is 5.57 Å². The molecule has 0 spiro atoms. The van der Waals surface area contributed by atoms with Crippen molar-refractivity contribution in [2.75, 3.05) is 33.3 Å². The van der Waals surface area contributed by atoms with Crippen LogP contribution in [0.1, 0.15) is 48.9 Å². The molecule has 1 unspecified atom stereocenters. The summed E-state index contributed by atoms with van der Waals surface area (Å²) in [6, 6.07) is 27.2. The molecule has 5 rings (SSSR count). The number of nitrogens with one attached hydrogen (secondary N) is 1. The second-order valence-corrected chi connectivity index (χ2v) is 11.5. The van der Waals surface area contributed by atoms with E-state index < -0.39 is 0 Å². The predicted octanol–water partition coefficient (Wildman–Crippen LogP) is 5.31. The van der Waals surface area contributed by atoms with Gasteiger partial charge in [0, 0.05) is 45.2 Å². The zero-order valence-electron chi connectivity index (χ0n) is 25.1. The van der Waals surface area contributed by atoms with Gasteiger partial charge in [0.15, 0.2) is 0 Å². The van der Waals surface area contributed by atoms with Crippen molar-refractivity contribution in [1.29, 1.82) is 0 Å². The van der Waals surface area contributed by atoms with E-state index in [2.05, 4.69) is 60.8 Å². The highest BCUT2D eigenvalue weighted by atomic mass is 16.5. The van der Waals surface area contributed by atoms with Gasteiger partial charge in [0.1, 0.15) is 5.75 Å². The quantitative estimate of drug-likeness (QED) is 0.320. The molecule has 0 radical (unpaired) electrons. The minimum absolute atomic E-state index is 0.0378. The Morgan fingerprint density at radius 2 is 1.64 bits per heavy atom. The van der Waals surface area contributed by atoms with Gasteiger partial charge < -0.3 is 19.9 Å². The lowest BCUT2D eigenvalue weighted by Gasteiger charge is -2.44. The van der Waals surface area contributed by atoms with Gasteiger partial charge in [0.25, 0.3) is 5.91 Å². The fourth-order valence-corrected chi connectivity index (χ4v) is 6.14. The largest absolute Gasteiger partial charge is 0.493 e. The molecule has 2 aliphatic heterocycles. The second kappa shape index (κ2) is 13.8. The van der Waals surface area contributed by atoms with Crippen molar-refractivity contribution in [3.63, 3.8) is 0 Å². The number of rotatable bonds is 11. The minimum atomic E-state index is -0.175. The van der Waals surface area contributed by atoms with Crippen molar-refractivity contribution in [1.82, 2.24) is 15.1 Å². The smallest absolute Gasteiger partial charge is 0.251 e. The van der Waals surface area contributed by atoms with Gasteiger partial charge in [0.2, 0.25) is 5.91 Å². The maximum Gasteiger partial charge on any atom is 0.251 e. The van der Waals surface area contributed by atoms with Gasteiger partial charge in [-0.25, -0.2) is 0 Å². The van der Waals surface area contributed by atoms with Gasteiger partial charge in [-0.2, -0.15) is 0 Å². The van der Waals surface area contributed by atoms with Gasteiger partial charge in [0.05, 0.1) is 12.6 Å². The van der Waals surface area contributed by atoms with Gasteiger partial charge >= 0.3 is 0 Å².